The summed E-state index contributed by atoms with van der Waals surface area (Å²) in [5, 5.41) is 8.02. The molecular weight excluding hydrogens is 440 g/mol. The number of aromatic nitrogens is 3. The van der Waals surface area contributed by atoms with Crippen LogP contribution in [-0.4, -0.2) is 49.7 Å². The molecule has 2 aromatic heterocycles. The molecular formula is C23H24N6O3S. The van der Waals surface area contributed by atoms with Crippen LogP contribution in [0, 0.1) is 0 Å². The first-order chi connectivity index (χ1) is 16.2. The van der Waals surface area contributed by atoms with E-state index in [1.807, 2.05) is 53.0 Å². The highest BCUT2D eigenvalue weighted by molar-refractivity contribution is 7.77. The van der Waals surface area contributed by atoms with E-state index >= 15 is 0 Å². The Bertz CT molecular complexity index is 1270. The van der Waals surface area contributed by atoms with Gasteiger partial charge in [-0.2, -0.15) is 0 Å². The Labute approximate surface area is 193 Å². The van der Waals surface area contributed by atoms with Crippen molar-refractivity contribution in [2.24, 2.45) is 0 Å². The van der Waals surface area contributed by atoms with Gasteiger partial charge in [-0.1, -0.05) is 30.3 Å². The molecule has 33 heavy (non-hydrogen) atoms. The van der Waals surface area contributed by atoms with Gasteiger partial charge < -0.3 is 15.0 Å². The third-order valence-electron chi connectivity index (χ3n) is 5.53. The maximum Gasteiger partial charge on any atom is 0.245 e. The zero-order valence-electron chi connectivity index (χ0n) is 17.8. The van der Waals surface area contributed by atoms with E-state index in [4.69, 9.17) is 14.4 Å². The van der Waals surface area contributed by atoms with Gasteiger partial charge in [0.2, 0.25) is 17.2 Å². The number of hydrogen-bond donors (Lipinski definition) is 3. The zero-order chi connectivity index (χ0) is 22.6. The average Bonchev–Trinajstić information content (AvgIpc) is 3.27. The number of nitrogens with zero attached hydrogens (tertiary/aromatic N) is 4. The molecule has 4 aromatic rings. The van der Waals surface area contributed by atoms with Gasteiger partial charge in [0.05, 0.1) is 30.6 Å². The predicted molar refractivity (Wildman–Crippen MR) is 129 cm³/mol. The Morgan fingerprint density at radius 2 is 1.88 bits per heavy atom. The highest BCUT2D eigenvalue weighted by atomic mass is 32.2. The second-order valence-corrected chi connectivity index (χ2v) is 8.47. The average molecular weight is 465 g/mol. The molecule has 10 heteroatoms. The molecule has 1 atom stereocenters. The molecule has 1 aliphatic rings. The van der Waals surface area contributed by atoms with Gasteiger partial charge in [-0.15, -0.1) is 5.10 Å². The molecule has 3 heterocycles. The van der Waals surface area contributed by atoms with Gasteiger partial charge in [0.15, 0.2) is 0 Å². The zero-order valence-corrected chi connectivity index (χ0v) is 18.7. The van der Waals surface area contributed by atoms with Gasteiger partial charge in [-0.3, -0.25) is 4.55 Å². The Morgan fingerprint density at radius 3 is 2.67 bits per heavy atom. The summed E-state index contributed by atoms with van der Waals surface area (Å²) in [6.07, 6.45) is 1.79. The Morgan fingerprint density at radius 1 is 1.06 bits per heavy atom. The highest BCUT2D eigenvalue weighted by Crippen LogP contribution is 2.25. The second-order valence-electron chi connectivity index (χ2n) is 7.68. The summed E-state index contributed by atoms with van der Waals surface area (Å²) >= 11 is -2.03. The molecule has 1 aliphatic heterocycles. The summed E-state index contributed by atoms with van der Waals surface area (Å²) in [6, 6.07) is 20.0. The van der Waals surface area contributed by atoms with E-state index < -0.39 is 11.3 Å². The van der Waals surface area contributed by atoms with Crippen LogP contribution in [0.5, 0.6) is 0 Å². The molecule has 2 aromatic carbocycles. The number of anilines is 3. The fourth-order valence-corrected chi connectivity index (χ4v) is 4.14. The van der Waals surface area contributed by atoms with E-state index in [2.05, 4.69) is 32.1 Å². The number of rotatable bonds is 7. The van der Waals surface area contributed by atoms with Crippen LogP contribution in [0.25, 0.3) is 16.8 Å². The van der Waals surface area contributed by atoms with Crippen molar-refractivity contribution in [3.63, 3.8) is 0 Å². The molecule has 1 fully saturated rings. The highest BCUT2D eigenvalue weighted by Gasteiger charge is 2.12. The molecule has 1 saturated heterocycles. The van der Waals surface area contributed by atoms with Crippen LogP contribution in [0.2, 0.25) is 0 Å². The predicted octanol–water partition coefficient (Wildman–Crippen LogP) is 3.20. The lowest BCUT2D eigenvalue weighted by Crippen LogP contribution is -2.36. The third-order valence-corrected chi connectivity index (χ3v) is 5.92. The molecule has 0 amide bonds. The fourth-order valence-electron chi connectivity index (χ4n) is 3.85. The molecule has 0 saturated carbocycles. The smallest absolute Gasteiger partial charge is 0.245 e. The van der Waals surface area contributed by atoms with Gasteiger partial charge in [0.25, 0.3) is 0 Å². The molecule has 5 rings (SSSR count). The molecule has 0 bridgehead atoms. The van der Waals surface area contributed by atoms with Crippen LogP contribution in [0.1, 0.15) is 5.56 Å². The maximum atomic E-state index is 10.8. The second kappa shape index (κ2) is 9.67. The lowest BCUT2D eigenvalue weighted by molar-refractivity contribution is 0.122. The lowest BCUT2D eigenvalue weighted by Gasteiger charge is -2.29. The quantitative estimate of drug-likeness (QED) is 0.361. The van der Waals surface area contributed by atoms with Crippen LogP contribution in [0.4, 0.5) is 17.3 Å². The van der Waals surface area contributed by atoms with Crippen molar-refractivity contribution in [2.75, 3.05) is 36.5 Å². The van der Waals surface area contributed by atoms with E-state index in [0.717, 1.165) is 60.0 Å². The van der Waals surface area contributed by atoms with Crippen LogP contribution < -0.4 is 14.9 Å². The molecule has 9 nitrogen and oxygen atoms in total. The first-order valence-electron chi connectivity index (χ1n) is 10.6. The van der Waals surface area contributed by atoms with Gasteiger partial charge in [-0.05, 0) is 35.9 Å². The monoisotopic (exact) mass is 464 g/mol. The van der Waals surface area contributed by atoms with Gasteiger partial charge in [0.1, 0.15) is 0 Å². The summed E-state index contributed by atoms with van der Waals surface area (Å²) in [4.78, 5) is 6.77. The van der Waals surface area contributed by atoms with Gasteiger partial charge >= 0.3 is 0 Å². The topological polar surface area (TPSA) is 104 Å². The minimum absolute atomic E-state index is 0.318. The Kier molecular flexibility index (Phi) is 6.31. The summed E-state index contributed by atoms with van der Waals surface area (Å²) in [6.45, 7) is 3.56. The Hall–Kier alpha value is -3.31. The Balaban J connectivity index is 1.37. The molecule has 3 N–H and O–H groups in total. The van der Waals surface area contributed by atoms with E-state index in [9.17, 15) is 4.21 Å². The molecule has 0 aliphatic carbocycles. The van der Waals surface area contributed by atoms with Gasteiger partial charge in [0, 0.05) is 36.6 Å². The van der Waals surface area contributed by atoms with Crippen molar-refractivity contribution in [2.45, 2.75) is 6.54 Å². The molecule has 1 unspecified atom stereocenters. The van der Waals surface area contributed by atoms with Crippen LogP contribution in [-0.2, 0) is 22.5 Å². The lowest BCUT2D eigenvalue weighted by atomic mass is 10.1. The third kappa shape index (κ3) is 5.04. The van der Waals surface area contributed by atoms with E-state index in [0.29, 0.717) is 12.5 Å². The summed E-state index contributed by atoms with van der Waals surface area (Å²) in [7, 11) is 0. The summed E-state index contributed by atoms with van der Waals surface area (Å²) in [5.41, 5.74) is 5.79. The molecule has 170 valence electrons. The first kappa shape index (κ1) is 21.5. The number of hydrogen-bond acceptors (Lipinski definition) is 6. The minimum atomic E-state index is -2.03. The van der Waals surface area contributed by atoms with Crippen LogP contribution in [0.3, 0.4) is 0 Å². The van der Waals surface area contributed by atoms with Crippen molar-refractivity contribution in [3.8, 4) is 11.3 Å². The number of ether oxygens (including phenoxy) is 1. The van der Waals surface area contributed by atoms with Crippen LogP contribution >= 0.6 is 0 Å². The number of benzene rings is 2. The SMILES string of the molecule is O=S(O)NCc1ccc(-c2ccc3cnc(Nc4cccc(N5CCOCC5)c4)nn23)cc1. The van der Waals surface area contributed by atoms with E-state index in [1.165, 1.54) is 0 Å². The summed E-state index contributed by atoms with van der Waals surface area (Å²) < 4.78 is 29.5. The standard InChI is InChI=1S/C23H24N6O3S/c30-33(31)25-15-17-4-6-18(7-5-17)22-9-8-21-16-24-23(27-29(21)22)26-19-2-1-3-20(14-19)28-10-12-32-13-11-28/h1-9,14,16,25H,10-13,15H2,(H,26,27)(H,30,31). The number of fused-ring (bicyclic) bond motifs is 1. The van der Waals surface area contributed by atoms with Crippen molar-refractivity contribution >= 4 is 34.1 Å². The fraction of sp³-hybridized carbons (Fsp3) is 0.217. The van der Waals surface area contributed by atoms with E-state index in [-0.39, 0.29) is 0 Å². The first-order valence-corrected chi connectivity index (χ1v) is 11.7. The molecule has 0 spiro atoms. The van der Waals surface area contributed by atoms with Crippen LogP contribution in [0.15, 0.2) is 66.9 Å². The van der Waals surface area contributed by atoms with Crippen molar-refractivity contribution in [3.05, 3.63) is 72.4 Å². The van der Waals surface area contributed by atoms with E-state index in [1.54, 1.807) is 6.20 Å². The molecule has 0 radical (unpaired) electrons. The normalized spacial score (nSPS) is 15.0. The van der Waals surface area contributed by atoms with Crippen molar-refractivity contribution in [1.29, 1.82) is 0 Å². The number of morpholine rings is 1. The minimum Gasteiger partial charge on any atom is -0.378 e. The van der Waals surface area contributed by atoms with Crippen molar-refractivity contribution < 1.29 is 13.5 Å². The maximum absolute atomic E-state index is 10.8. The van der Waals surface area contributed by atoms with Crippen molar-refractivity contribution in [1.82, 2.24) is 19.3 Å². The van der Waals surface area contributed by atoms with Gasteiger partial charge in [-0.25, -0.2) is 18.4 Å². The number of nitrogens with one attached hydrogen (secondary N) is 2. The summed E-state index contributed by atoms with van der Waals surface area (Å²) in [5.74, 6) is 0.505. The largest absolute Gasteiger partial charge is 0.378 e.